The van der Waals surface area contributed by atoms with Crippen molar-refractivity contribution in [3.05, 3.63) is 58.2 Å². The number of fused-ring (bicyclic) bond motifs is 2. The number of ketones is 2. The fraction of sp³-hybridized carbons (Fsp3) is 0.250. The number of aromatic nitrogens is 2. The molecule has 0 radical (unpaired) electrons. The molecule has 2 aromatic heterocycles. The number of aryl methyl sites for hydroxylation is 2. The zero-order valence-electron chi connectivity index (χ0n) is 11.4. The van der Waals surface area contributed by atoms with E-state index in [0.29, 0.717) is 11.1 Å². The number of hydrogen-bond acceptors (Lipinski definition) is 4. The van der Waals surface area contributed by atoms with Crippen molar-refractivity contribution in [3.8, 4) is 0 Å². The van der Waals surface area contributed by atoms with E-state index in [2.05, 4.69) is 9.97 Å². The fourth-order valence-corrected chi connectivity index (χ4v) is 2.37. The van der Waals surface area contributed by atoms with Crippen LogP contribution in [0.1, 0.15) is 57.1 Å². The number of hydrogen-bond donors (Lipinski definition) is 0. The summed E-state index contributed by atoms with van der Waals surface area (Å²) in [6.07, 6.45) is 4.86. The van der Waals surface area contributed by atoms with Crippen LogP contribution in [0, 0.1) is 0 Å². The van der Waals surface area contributed by atoms with Gasteiger partial charge in [-0.25, -0.2) is 0 Å². The van der Waals surface area contributed by atoms with Crippen LogP contribution in [0.2, 0.25) is 0 Å². The van der Waals surface area contributed by atoms with Crippen molar-refractivity contribution in [2.75, 3.05) is 0 Å². The average Bonchev–Trinajstić information content (AvgIpc) is 2.51. The molecule has 0 aliphatic heterocycles. The van der Waals surface area contributed by atoms with E-state index in [1.807, 2.05) is 13.8 Å². The highest BCUT2D eigenvalue weighted by Crippen LogP contribution is 2.26. The van der Waals surface area contributed by atoms with Gasteiger partial charge in [-0.15, -0.1) is 0 Å². The van der Waals surface area contributed by atoms with Gasteiger partial charge in [0.2, 0.25) is 5.78 Å². The third kappa shape index (κ3) is 1.76. The van der Waals surface area contributed by atoms with E-state index in [0.717, 1.165) is 24.0 Å². The van der Waals surface area contributed by atoms with Crippen molar-refractivity contribution >= 4 is 11.6 Å². The maximum absolute atomic E-state index is 12.6. The average molecular weight is 266 g/mol. The van der Waals surface area contributed by atoms with Crippen LogP contribution in [0.5, 0.6) is 0 Å². The predicted octanol–water partition coefficient (Wildman–Crippen LogP) is 2.38. The van der Waals surface area contributed by atoms with Gasteiger partial charge in [-0.05, 0) is 36.1 Å². The summed E-state index contributed by atoms with van der Waals surface area (Å²) >= 11 is 0. The lowest BCUT2D eigenvalue weighted by atomic mass is 9.88. The van der Waals surface area contributed by atoms with Crippen LogP contribution < -0.4 is 0 Å². The van der Waals surface area contributed by atoms with Crippen LogP contribution in [-0.2, 0) is 12.8 Å². The number of carbonyl (C=O) groups excluding carboxylic acids is 2. The van der Waals surface area contributed by atoms with Crippen molar-refractivity contribution in [2.24, 2.45) is 0 Å². The van der Waals surface area contributed by atoms with E-state index in [1.54, 1.807) is 24.5 Å². The van der Waals surface area contributed by atoms with Crippen molar-refractivity contribution < 1.29 is 9.59 Å². The number of rotatable bonds is 2. The zero-order chi connectivity index (χ0) is 14.3. The lowest BCUT2D eigenvalue weighted by molar-refractivity contribution is 0.0971. The maximum atomic E-state index is 12.6. The highest BCUT2D eigenvalue weighted by molar-refractivity contribution is 6.26. The second-order valence-electron chi connectivity index (χ2n) is 4.84. The van der Waals surface area contributed by atoms with Gasteiger partial charge >= 0.3 is 0 Å². The van der Waals surface area contributed by atoms with E-state index in [9.17, 15) is 9.59 Å². The molecule has 0 fully saturated rings. The molecule has 100 valence electrons. The molecule has 0 amide bonds. The molecule has 0 bridgehead atoms. The molecule has 0 unspecified atom stereocenters. The van der Waals surface area contributed by atoms with Crippen LogP contribution in [0.4, 0.5) is 0 Å². The van der Waals surface area contributed by atoms with Crippen LogP contribution in [0.15, 0.2) is 24.5 Å². The van der Waals surface area contributed by atoms with Crippen LogP contribution in [0.3, 0.4) is 0 Å². The Morgan fingerprint density at radius 3 is 1.65 bits per heavy atom. The first kappa shape index (κ1) is 12.7. The molecule has 4 heteroatoms. The largest absolute Gasteiger partial charge is 0.288 e. The molecule has 2 heterocycles. The fourth-order valence-electron chi connectivity index (χ4n) is 2.37. The summed E-state index contributed by atoms with van der Waals surface area (Å²) in [5.74, 6) is -0.417. The van der Waals surface area contributed by atoms with E-state index in [1.165, 1.54) is 0 Å². The second kappa shape index (κ2) is 4.63. The zero-order valence-corrected chi connectivity index (χ0v) is 11.4. The van der Waals surface area contributed by atoms with Crippen molar-refractivity contribution in [2.45, 2.75) is 26.7 Å². The summed E-state index contributed by atoms with van der Waals surface area (Å²) in [5, 5.41) is 0. The van der Waals surface area contributed by atoms with Gasteiger partial charge in [0.05, 0.1) is 11.1 Å². The first-order valence-corrected chi connectivity index (χ1v) is 6.73. The second-order valence-corrected chi connectivity index (χ2v) is 4.84. The molecule has 0 atom stereocenters. The van der Waals surface area contributed by atoms with Gasteiger partial charge in [0.1, 0.15) is 11.4 Å². The maximum Gasteiger partial charge on any atom is 0.231 e. The van der Waals surface area contributed by atoms with Crippen LogP contribution >= 0.6 is 0 Å². The van der Waals surface area contributed by atoms with Crippen molar-refractivity contribution in [1.29, 1.82) is 0 Å². The topological polar surface area (TPSA) is 59.9 Å². The number of nitrogens with zero attached hydrogens (tertiary/aromatic N) is 2. The number of carbonyl (C=O) groups is 2. The molecule has 0 aromatic carbocycles. The highest BCUT2D eigenvalue weighted by Gasteiger charge is 2.32. The summed E-state index contributed by atoms with van der Waals surface area (Å²) in [5.41, 5.74) is 3.14. The molecule has 4 nitrogen and oxygen atoms in total. The summed E-state index contributed by atoms with van der Waals surface area (Å²) in [7, 11) is 0. The lowest BCUT2D eigenvalue weighted by Gasteiger charge is -2.16. The third-order valence-corrected chi connectivity index (χ3v) is 3.62. The molecule has 0 N–H and O–H groups in total. The molecule has 1 aliphatic carbocycles. The van der Waals surface area contributed by atoms with Gasteiger partial charge in [-0.1, -0.05) is 13.8 Å². The minimum atomic E-state index is -0.264. The Kier molecular flexibility index (Phi) is 2.93. The van der Waals surface area contributed by atoms with Crippen LogP contribution in [-0.4, -0.2) is 21.5 Å². The summed E-state index contributed by atoms with van der Waals surface area (Å²) < 4.78 is 0. The molecule has 2 aromatic rings. The predicted molar refractivity (Wildman–Crippen MR) is 74.1 cm³/mol. The van der Waals surface area contributed by atoms with Gasteiger partial charge < -0.3 is 0 Å². The van der Waals surface area contributed by atoms with Gasteiger partial charge in [-0.3, -0.25) is 19.6 Å². The first-order valence-electron chi connectivity index (χ1n) is 6.73. The van der Waals surface area contributed by atoms with Gasteiger partial charge in [0.15, 0.2) is 5.78 Å². The summed E-state index contributed by atoms with van der Waals surface area (Å²) in [6.45, 7) is 3.98. The summed E-state index contributed by atoms with van der Waals surface area (Å²) in [6, 6.07) is 3.54. The lowest BCUT2D eigenvalue weighted by Crippen LogP contribution is -2.24. The first-order chi connectivity index (χ1) is 9.65. The van der Waals surface area contributed by atoms with E-state index < -0.39 is 0 Å². The molecule has 1 aliphatic rings. The van der Waals surface area contributed by atoms with Gasteiger partial charge in [0, 0.05) is 12.4 Å². The highest BCUT2D eigenvalue weighted by atomic mass is 16.1. The molecule has 20 heavy (non-hydrogen) atoms. The van der Waals surface area contributed by atoms with Crippen molar-refractivity contribution in [1.82, 2.24) is 9.97 Å². The summed E-state index contributed by atoms with van der Waals surface area (Å²) in [4.78, 5) is 33.2. The Morgan fingerprint density at radius 1 is 0.800 bits per heavy atom. The Bertz CT molecular complexity index is 676. The van der Waals surface area contributed by atoms with E-state index in [-0.39, 0.29) is 23.0 Å². The Balaban J connectivity index is 2.22. The Morgan fingerprint density at radius 2 is 1.25 bits per heavy atom. The Labute approximate surface area is 116 Å². The third-order valence-electron chi connectivity index (χ3n) is 3.62. The molecular weight excluding hydrogens is 252 g/mol. The molecule has 0 saturated carbocycles. The Hall–Kier alpha value is -2.36. The molecule has 0 saturated heterocycles. The monoisotopic (exact) mass is 266 g/mol. The van der Waals surface area contributed by atoms with Gasteiger partial charge in [-0.2, -0.15) is 0 Å². The van der Waals surface area contributed by atoms with E-state index in [4.69, 9.17) is 0 Å². The van der Waals surface area contributed by atoms with Crippen LogP contribution in [0.25, 0.3) is 0 Å². The van der Waals surface area contributed by atoms with Gasteiger partial charge in [0.25, 0.3) is 0 Å². The molecule has 3 rings (SSSR count). The van der Waals surface area contributed by atoms with Crippen molar-refractivity contribution in [3.63, 3.8) is 0 Å². The number of pyridine rings is 2. The molecule has 0 spiro atoms. The minimum absolute atomic E-state index is 0.153. The van der Waals surface area contributed by atoms with E-state index >= 15 is 0 Å². The quantitative estimate of drug-likeness (QED) is 0.714. The molecular formula is C16H14N2O2. The normalized spacial score (nSPS) is 13.1. The standard InChI is InChI=1S/C16H14N2O2/c1-3-9-5-11-13(17-7-9)16(20)14-12(15(11)19)6-10(4-2)8-18-14/h5-8H,3-4H2,1-2H3. The smallest absolute Gasteiger partial charge is 0.231 e. The minimum Gasteiger partial charge on any atom is -0.288 e. The SMILES string of the molecule is CCc1cnc2c(c1)C(=O)c1cc(CC)cnc1C2=O.